The summed E-state index contributed by atoms with van der Waals surface area (Å²) < 4.78 is 0. The lowest BCUT2D eigenvalue weighted by molar-refractivity contribution is 0.983. The molecular weight excluding hydrogens is 148 g/mol. The van der Waals surface area contributed by atoms with Crippen LogP contribution in [0.2, 0.25) is 0 Å². The molecule has 0 aromatic carbocycles. The molecule has 1 N–H and O–H groups in total. The zero-order valence-corrected chi connectivity index (χ0v) is 6.64. The third kappa shape index (κ3) is 1.37. The molecule has 0 fully saturated rings. The van der Waals surface area contributed by atoms with E-state index in [2.05, 4.69) is 28.5 Å². The van der Waals surface area contributed by atoms with Crippen molar-refractivity contribution in [3.8, 4) is 0 Å². The molecule has 1 aromatic heterocycles. The summed E-state index contributed by atoms with van der Waals surface area (Å²) in [6.07, 6.45) is 11.8. The van der Waals surface area contributed by atoms with Crippen LogP contribution in [0.15, 0.2) is 49.1 Å². The van der Waals surface area contributed by atoms with Crippen LogP contribution in [-0.4, -0.2) is 4.98 Å². The Morgan fingerprint density at radius 2 is 2.08 bits per heavy atom. The molecule has 1 aliphatic rings. The standard InChI is InChI=1S/C10H10N2/c1-2-10(8-12-5-1)9-3-6-11-7-4-9/h1-9,11H. The van der Waals surface area contributed by atoms with Crippen LogP contribution in [0.1, 0.15) is 11.5 Å². The normalized spacial score (nSPS) is 16.0. The number of nitrogens with one attached hydrogen (secondary N) is 1. The maximum absolute atomic E-state index is 4.07. The number of pyridine rings is 1. The largest absolute Gasteiger partial charge is 0.368 e. The molecule has 0 bridgehead atoms. The quantitative estimate of drug-likeness (QED) is 0.674. The summed E-state index contributed by atoms with van der Waals surface area (Å²) in [4.78, 5) is 4.07. The number of hydrogen-bond donors (Lipinski definition) is 1. The van der Waals surface area contributed by atoms with Gasteiger partial charge in [-0.3, -0.25) is 4.98 Å². The second kappa shape index (κ2) is 3.22. The molecule has 2 heteroatoms. The minimum atomic E-state index is 0.375. The number of allylic oxidation sites excluding steroid dienone is 2. The van der Waals surface area contributed by atoms with E-state index in [9.17, 15) is 0 Å². The van der Waals surface area contributed by atoms with Gasteiger partial charge in [-0.15, -0.1) is 0 Å². The molecule has 0 aliphatic carbocycles. The summed E-state index contributed by atoms with van der Waals surface area (Å²) >= 11 is 0. The van der Waals surface area contributed by atoms with Crippen molar-refractivity contribution < 1.29 is 0 Å². The van der Waals surface area contributed by atoms with Gasteiger partial charge in [-0.25, -0.2) is 0 Å². The molecule has 2 rings (SSSR count). The highest BCUT2D eigenvalue weighted by Gasteiger charge is 2.04. The lowest BCUT2D eigenvalue weighted by Gasteiger charge is -2.10. The van der Waals surface area contributed by atoms with Crippen molar-refractivity contribution in [2.75, 3.05) is 0 Å². The van der Waals surface area contributed by atoms with Crippen LogP contribution in [0.25, 0.3) is 0 Å². The molecular formula is C10H10N2. The number of rotatable bonds is 1. The van der Waals surface area contributed by atoms with Crippen LogP contribution in [0.4, 0.5) is 0 Å². The summed E-state index contributed by atoms with van der Waals surface area (Å²) in [5.74, 6) is 0.375. The Morgan fingerprint density at radius 3 is 2.75 bits per heavy atom. The van der Waals surface area contributed by atoms with Crippen LogP contribution in [-0.2, 0) is 0 Å². The molecule has 2 heterocycles. The molecule has 0 unspecified atom stereocenters. The molecule has 1 aliphatic heterocycles. The van der Waals surface area contributed by atoms with E-state index in [1.165, 1.54) is 5.56 Å². The highest BCUT2D eigenvalue weighted by molar-refractivity contribution is 5.27. The average molecular weight is 158 g/mol. The Morgan fingerprint density at radius 1 is 1.25 bits per heavy atom. The summed E-state index contributed by atoms with van der Waals surface area (Å²) in [6.45, 7) is 0. The molecule has 0 spiro atoms. The molecule has 0 saturated carbocycles. The Balaban J connectivity index is 2.25. The SMILES string of the molecule is C1=CC(c2cccnc2)C=CN1. The Bertz CT molecular complexity index is 289. The van der Waals surface area contributed by atoms with Gasteiger partial charge in [0.1, 0.15) is 0 Å². The van der Waals surface area contributed by atoms with Gasteiger partial charge in [0, 0.05) is 18.3 Å². The minimum absolute atomic E-state index is 0.375. The first-order chi connectivity index (χ1) is 5.97. The second-order valence-corrected chi connectivity index (χ2v) is 2.70. The molecule has 12 heavy (non-hydrogen) atoms. The van der Waals surface area contributed by atoms with Gasteiger partial charge in [-0.2, -0.15) is 0 Å². The van der Waals surface area contributed by atoms with Gasteiger partial charge in [0.25, 0.3) is 0 Å². The highest BCUT2D eigenvalue weighted by Crippen LogP contribution is 2.18. The average Bonchev–Trinajstić information content (AvgIpc) is 2.21. The van der Waals surface area contributed by atoms with Gasteiger partial charge in [0.05, 0.1) is 0 Å². The van der Waals surface area contributed by atoms with Crippen molar-refractivity contribution in [2.45, 2.75) is 5.92 Å². The van der Waals surface area contributed by atoms with Gasteiger partial charge in [-0.1, -0.05) is 18.2 Å². The highest BCUT2D eigenvalue weighted by atomic mass is 14.8. The lowest BCUT2D eigenvalue weighted by atomic mass is 10.0. The number of aromatic nitrogens is 1. The molecule has 0 atom stereocenters. The fraction of sp³-hybridized carbons (Fsp3) is 0.100. The van der Waals surface area contributed by atoms with E-state index in [1.54, 1.807) is 6.20 Å². The van der Waals surface area contributed by atoms with Crippen LogP contribution < -0.4 is 5.32 Å². The number of dihydropyridines is 1. The van der Waals surface area contributed by atoms with Crippen molar-refractivity contribution in [2.24, 2.45) is 0 Å². The second-order valence-electron chi connectivity index (χ2n) is 2.70. The third-order valence-electron chi connectivity index (χ3n) is 1.87. The summed E-state index contributed by atoms with van der Waals surface area (Å²) in [5, 5.41) is 3.00. The van der Waals surface area contributed by atoms with Crippen LogP contribution in [0.5, 0.6) is 0 Å². The van der Waals surface area contributed by atoms with Gasteiger partial charge < -0.3 is 5.32 Å². The first kappa shape index (κ1) is 7.10. The van der Waals surface area contributed by atoms with Crippen molar-refractivity contribution >= 4 is 0 Å². The summed E-state index contributed by atoms with van der Waals surface area (Å²) in [6, 6.07) is 4.04. The van der Waals surface area contributed by atoms with E-state index in [1.807, 2.05) is 24.7 Å². The van der Waals surface area contributed by atoms with Gasteiger partial charge in [-0.05, 0) is 24.0 Å². The Kier molecular flexibility index (Phi) is 1.90. The summed E-state index contributed by atoms with van der Waals surface area (Å²) in [7, 11) is 0. The van der Waals surface area contributed by atoms with Crippen LogP contribution in [0.3, 0.4) is 0 Å². The van der Waals surface area contributed by atoms with Crippen molar-refractivity contribution in [1.82, 2.24) is 10.3 Å². The zero-order valence-electron chi connectivity index (χ0n) is 6.64. The van der Waals surface area contributed by atoms with E-state index >= 15 is 0 Å². The maximum Gasteiger partial charge on any atom is 0.0309 e. The molecule has 1 aromatic rings. The molecule has 0 amide bonds. The van der Waals surface area contributed by atoms with Crippen LogP contribution >= 0.6 is 0 Å². The number of nitrogens with zero attached hydrogens (tertiary/aromatic N) is 1. The van der Waals surface area contributed by atoms with E-state index < -0.39 is 0 Å². The van der Waals surface area contributed by atoms with Crippen molar-refractivity contribution in [3.05, 3.63) is 54.6 Å². The van der Waals surface area contributed by atoms with Gasteiger partial charge in [0.15, 0.2) is 0 Å². The zero-order chi connectivity index (χ0) is 8.23. The van der Waals surface area contributed by atoms with Crippen molar-refractivity contribution in [1.29, 1.82) is 0 Å². The molecule has 60 valence electrons. The number of hydrogen-bond acceptors (Lipinski definition) is 2. The first-order valence-corrected chi connectivity index (χ1v) is 3.96. The van der Waals surface area contributed by atoms with Gasteiger partial charge in [0.2, 0.25) is 0 Å². The van der Waals surface area contributed by atoms with E-state index in [4.69, 9.17) is 0 Å². The first-order valence-electron chi connectivity index (χ1n) is 3.96. The Hall–Kier alpha value is -1.57. The smallest absolute Gasteiger partial charge is 0.0309 e. The van der Waals surface area contributed by atoms with Crippen LogP contribution in [0, 0.1) is 0 Å². The predicted molar refractivity (Wildman–Crippen MR) is 48.4 cm³/mol. The predicted octanol–water partition coefficient (Wildman–Crippen LogP) is 1.80. The van der Waals surface area contributed by atoms with E-state index in [0.29, 0.717) is 5.92 Å². The minimum Gasteiger partial charge on any atom is -0.368 e. The van der Waals surface area contributed by atoms with Crippen molar-refractivity contribution in [3.63, 3.8) is 0 Å². The van der Waals surface area contributed by atoms with E-state index in [-0.39, 0.29) is 0 Å². The summed E-state index contributed by atoms with van der Waals surface area (Å²) in [5.41, 5.74) is 1.23. The molecule has 0 saturated heterocycles. The maximum atomic E-state index is 4.07. The lowest BCUT2D eigenvalue weighted by Crippen LogP contribution is -2.02. The topological polar surface area (TPSA) is 24.9 Å². The third-order valence-corrected chi connectivity index (χ3v) is 1.87. The van der Waals surface area contributed by atoms with E-state index in [0.717, 1.165) is 0 Å². The fourth-order valence-electron chi connectivity index (χ4n) is 1.23. The molecule has 2 nitrogen and oxygen atoms in total. The monoisotopic (exact) mass is 158 g/mol. The Labute approximate surface area is 71.6 Å². The van der Waals surface area contributed by atoms with Gasteiger partial charge >= 0.3 is 0 Å². The molecule has 0 radical (unpaired) electrons. The fourth-order valence-corrected chi connectivity index (χ4v) is 1.23.